The number of imidazole rings is 1. The summed E-state index contributed by atoms with van der Waals surface area (Å²) in [5.41, 5.74) is 0. The molecule has 6 nitrogen and oxygen atoms in total. The maximum atomic E-state index is 12.1. The van der Waals surface area contributed by atoms with Crippen LogP contribution in [0.4, 0.5) is 0 Å². The van der Waals surface area contributed by atoms with Crippen molar-refractivity contribution in [1.82, 2.24) is 14.3 Å². The van der Waals surface area contributed by atoms with Gasteiger partial charge in [0.25, 0.3) is 10.0 Å². The van der Waals surface area contributed by atoms with Crippen molar-refractivity contribution < 1.29 is 8.42 Å². The van der Waals surface area contributed by atoms with E-state index >= 15 is 0 Å². The zero-order valence-electron chi connectivity index (χ0n) is 10.1. The molecule has 7 heteroatoms. The molecule has 1 rings (SSSR count). The molecule has 1 unspecified atom stereocenters. The Morgan fingerprint density at radius 1 is 1.65 bits per heavy atom. The number of hydrogen-bond acceptors (Lipinski definition) is 4. The molecule has 94 valence electrons. The molecule has 0 saturated carbocycles. The summed E-state index contributed by atoms with van der Waals surface area (Å²) in [6, 6.07) is 2.00. The third kappa shape index (κ3) is 3.05. The van der Waals surface area contributed by atoms with Crippen molar-refractivity contribution in [3.63, 3.8) is 0 Å². The van der Waals surface area contributed by atoms with Crippen molar-refractivity contribution in [2.24, 2.45) is 5.92 Å². The largest absolute Gasteiger partial charge is 0.332 e. The summed E-state index contributed by atoms with van der Waals surface area (Å²) in [5.74, 6) is 0.286. The summed E-state index contributed by atoms with van der Waals surface area (Å²) in [7, 11) is -2.12. The molecule has 1 aromatic heterocycles. The molecule has 0 saturated heterocycles. The lowest BCUT2D eigenvalue weighted by Gasteiger charge is -2.16. The minimum atomic E-state index is -3.57. The van der Waals surface area contributed by atoms with Crippen LogP contribution in [0.1, 0.15) is 19.7 Å². The number of aromatic amines is 1. The van der Waals surface area contributed by atoms with Gasteiger partial charge in [-0.2, -0.15) is 9.57 Å². The van der Waals surface area contributed by atoms with Crippen LogP contribution in [-0.2, 0) is 16.4 Å². The number of aromatic nitrogens is 2. The second-order valence-electron chi connectivity index (χ2n) is 3.86. The van der Waals surface area contributed by atoms with Crippen molar-refractivity contribution in [2.45, 2.75) is 25.3 Å². The SMILES string of the molecule is CCc1ncc(S(=O)(=O)N(C)CC(C)C#N)[nH]1. The van der Waals surface area contributed by atoms with Gasteiger partial charge in [-0.25, -0.2) is 13.4 Å². The van der Waals surface area contributed by atoms with Crippen LogP contribution in [0.2, 0.25) is 0 Å². The topological polar surface area (TPSA) is 89.8 Å². The van der Waals surface area contributed by atoms with Crippen molar-refractivity contribution >= 4 is 10.0 Å². The van der Waals surface area contributed by atoms with E-state index in [1.165, 1.54) is 13.2 Å². The van der Waals surface area contributed by atoms with Crippen molar-refractivity contribution in [3.05, 3.63) is 12.0 Å². The highest BCUT2D eigenvalue weighted by Gasteiger charge is 2.24. The first-order valence-corrected chi connectivity index (χ1v) is 6.75. The monoisotopic (exact) mass is 256 g/mol. The minimum absolute atomic E-state index is 0.0713. The zero-order valence-corrected chi connectivity index (χ0v) is 11.0. The van der Waals surface area contributed by atoms with Crippen molar-refractivity contribution in [2.75, 3.05) is 13.6 Å². The van der Waals surface area contributed by atoms with Crippen LogP contribution in [0.3, 0.4) is 0 Å². The molecule has 0 aliphatic carbocycles. The third-order valence-corrected chi connectivity index (χ3v) is 4.11. The molecular formula is C10H16N4O2S. The van der Waals surface area contributed by atoms with Gasteiger partial charge >= 0.3 is 0 Å². The number of sulfonamides is 1. The van der Waals surface area contributed by atoms with Crippen LogP contribution in [0.25, 0.3) is 0 Å². The Morgan fingerprint density at radius 3 is 2.76 bits per heavy atom. The fourth-order valence-corrected chi connectivity index (χ4v) is 2.53. The predicted octanol–water partition coefficient (Wildman–Crippen LogP) is 0.752. The highest BCUT2D eigenvalue weighted by Crippen LogP contribution is 2.13. The van der Waals surface area contributed by atoms with Gasteiger partial charge in [0.15, 0.2) is 5.03 Å². The van der Waals surface area contributed by atoms with E-state index in [1.807, 2.05) is 13.0 Å². The first-order chi connectivity index (χ1) is 7.91. The molecule has 0 aliphatic rings. The second-order valence-corrected chi connectivity index (χ2v) is 5.88. The van der Waals surface area contributed by atoms with Crippen LogP contribution >= 0.6 is 0 Å². The third-order valence-electron chi connectivity index (χ3n) is 2.38. The van der Waals surface area contributed by atoms with Gasteiger partial charge in [0, 0.05) is 20.0 Å². The summed E-state index contributed by atoms with van der Waals surface area (Å²) >= 11 is 0. The minimum Gasteiger partial charge on any atom is -0.332 e. The summed E-state index contributed by atoms with van der Waals surface area (Å²) < 4.78 is 25.3. The lowest BCUT2D eigenvalue weighted by molar-refractivity contribution is 0.437. The molecule has 0 radical (unpaired) electrons. The first kappa shape index (κ1) is 13.7. The van der Waals surface area contributed by atoms with Gasteiger partial charge in [-0.1, -0.05) is 6.92 Å². The Hall–Kier alpha value is -1.39. The Bertz CT molecular complexity index is 515. The van der Waals surface area contributed by atoms with Gasteiger partial charge in [-0.3, -0.25) is 0 Å². The maximum Gasteiger partial charge on any atom is 0.259 e. The van der Waals surface area contributed by atoms with E-state index < -0.39 is 10.0 Å². The molecule has 1 aromatic rings. The van der Waals surface area contributed by atoms with E-state index in [2.05, 4.69) is 9.97 Å². The van der Waals surface area contributed by atoms with E-state index in [0.717, 1.165) is 4.31 Å². The Kier molecular flexibility index (Phi) is 4.26. The van der Waals surface area contributed by atoms with E-state index in [-0.39, 0.29) is 17.5 Å². The van der Waals surface area contributed by atoms with E-state index in [1.54, 1.807) is 6.92 Å². The average molecular weight is 256 g/mol. The first-order valence-electron chi connectivity index (χ1n) is 5.31. The number of nitriles is 1. The number of nitrogens with zero attached hydrogens (tertiary/aromatic N) is 3. The second kappa shape index (κ2) is 5.29. The van der Waals surface area contributed by atoms with Crippen LogP contribution in [0.5, 0.6) is 0 Å². The molecule has 1 heterocycles. The molecule has 0 aliphatic heterocycles. The molecular weight excluding hydrogens is 240 g/mol. The van der Waals surface area contributed by atoms with Gasteiger partial charge in [0.1, 0.15) is 5.82 Å². The standard InChI is InChI=1S/C10H16N4O2S/c1-4-9-12-6-10(13-9)17(15,16)14(3)7-8(2)5-11/h6,8H,4,7H2,1-3H3,(H,12,13). The smallest absolute Gasteiger partial charge is 0.259 e. The fourth-order valence-electron chi connectivity index (χ4n) is 1.35. The lowest BCUT2D eigenvalue weighted by atomic mass is 10.2. The van der Waals surface area contributed by atoms with Crippen LogP contribution in [0.15, 0.2) is 11.2 Å². The normalized spacial score (nSPS) is 13.6. The molecule has 1 atom stereocenters. The summed E-state index contributed by atoms with van der Waals surface area (Å²) in [6.45, 7) is 3.73. The molecule has 0 fully saturated rings. The average Bonchev–Trinajstić information content (AvgIpc) is 2.77. The summed E-state index contributed by atoms with van der Waals surface area (Å²) in [5, 5.41) is 8.74. The summed E-state index contributed by atoms with van der Waals surface area (Å²) in [6.07, 6.45) is 1.95. The quantitative estimate of drug-likeness (QED) is 0.841. The van der Waals surface area contributed by atoms with Gasteiger partial charge in [-0.05, 0) is 6.92 Å². The van der Waals surface area contributed by atoms with Crippen LogP contribution in [-0.4, -0.2) is 36.3 Å². The van der Waals surface area contributed by atoms with E-state index in [9.17, 15) is 8.42 Å². The predicted molar refractivity (Wildman–Crippen MR) is 62.6 cm³/mol. The molecule has 0 bridgehead atoms. The summed E-state index contributed by atoms with van der Waals surface area (Å²) in [4.78, 5) is 6.71. The molecule has 0 spiro atoms. The van der Waals surface area contributed by atoms with Crippen molar-refractivity contribution in [1.29, 1.82) is 5.26 Å². The van der Waals surface area contributed by atoms with E-state index in [0.29, 0.717) is 12.2 Å². The maximum absolute atomic E-state index is 12.1. The van der Waals surface area contributed by atoms with Gasteiger partial charge in [0.05, 0.1) is 18.2 Å². The molecule has 0 aromatic carbocycles. The molecule has 17 heavy (non-hydrogen) atoms. The number of rotatable bonds is 5. The number of H-pyrrole nitrogens is 1. The highest BCUT2D eigenvalue weighted by atomic mass is 32.2. The van der Waals surface area contributed by atoms with Gasteiger partial charge < -0.3 is 4.98 Å². The number of nitrogens with one attached hydrogen (secondary N) is 1. The zero-order chi connectivity index (χ0) is 13.1. The van der Waals surface area contributed by atoms with Crippen LogP contribution in [0, 0.1) is 17.2 Å². The van der Waals surface area contributed by atoms with Gasteiger partial charge in [-0.15, -0.1) is 0 Å². The molecule has 0 amide bonds. The lowest BCUT2D eigenvalue weighted by Crippen LogP contribution is -2.31. The Morgan fingerprint density at radius 2 is 2.29 bits per heavy atom. The van der Waals surface area contributed by atoms with E-state index in [4.69, 9.17) is 5.26 Å². The molecule has 1 N–H and O–H groups in total. The van der Waals surface area contributed by atoms with Crippen molar-refractivity contribution in [3.8, 4) is 6.07 Å². The van der Waals surface area contributed by atoms with Crippen LogP contribution < -0.4 is 0 Å². The highest BCUT2D eigenvalue weighted by molar-refractivity contribution is 7.89. The van der Waals surface area contributed by atoms with Gasteiger partial charge in [0.2, 0.25) is 0 Å². The number of hydrogen-bond donors (Lipinski definition) is 1. The Labute approximate surface area is 101 Å². The fraction of sp³-hybridized carbons (Fsp3) is 0.600. The number of aryl methyl sites for hydroxylation is 1. The Balaban J connectivity index is 2.91.